The van der Waals surface area contributed by atoms with E-state index in [2.05, 4.69) is 30.7 Å². The molecule has 0 amide bonds. The summed E-state index contributed by atoms with van der Waals surface area (Å²) in [5.74, 6) is 1.81. The Kier molecular flexibility index (Phi) is 10.6. The van der Waals surface area contributed by atoms with Gasteiger partial charge in [-0.3, -0.25) is 0 Å². The first-order valence-corrected chi connectivity index (χ1v) is 8.42. The van der Waals surface area contributed by atoms with Gasteiger partial charge in [0.1, 0.15) is 4.34 Å². The van der Waals surface area contributed by atoms with Crippen molar-refractivity contribution in [3.63, 3.8) is 0 Å². The Bertz CT molecular complexity index is 328. The summed E-state index contributed by atoms with van der Waals surface area (Å²) in [6, 6.07) is 0. The van der Waals surface area contributed by atoms with Crippen LogP contribution in [-0.4, -0.2) is 41.2 Å². The molecule has 0 saturated carbocycles. The molecule has 0 atom stereocenters. The summed E-state index contributed by atoms with van der Waals surface area (Å²) < 4.78 is 1.19. The van der Waals surface area contributed by atoms with E-state index in [4.69, 9.17) is 11.6 Å². The van der Waals surface area contributed by atoms with Crippen LogP contribution in [0.1, 0.15) is 24.4 Å². The molecular weight excluding hydrogens is 307 g/mol. The Morgan fingerprint density at radius 2 is 2.00 bits per heavy atom. The minimum Gasteiger partial charge on any atom is -0.303 e. The summed E-state index contributed by atoms with van der Waals surface area (Å²) in [4.78, 5) is 8.36. The second-order valence-electron chi connectivity index (χ2n) is 3.80. The van der Waals surface area contributed by atoms with Gasteiger partial charge in [-0.05, 0) is 26.4 Å². The number of thioether (sulfide) groups is 1. The first kappa shape index (κ1) is 18.5. The highest BCUT2D eigenvalue weighted by Gasteiger charge is 2.08. The molecule has 0 N–H and O–H groups in total. The number of hydrogen-bond acceptors (Lipinski definition) is 4. The largest absolute Gasteiger partial charge is 0.303 e. The van der Waals surface area contributed by atoms with Gasteiger partial charge in [-0.2, -0.15) is 0 Å². The van der Waals surface area contributed by atoms with E-state index in [1.165, 1.54) is 9.22 Å². The summed E-state index contributed by atoms with van der Waals surface area (Å²) in [6.45, 7) is 9.89. The lowest BCUT2D eigenvalue weighted by Gasteiger charge is -2.16. The molecule has 1 rings (SSSR count). The summed E-state index contributed by atoms with van der Waals surface area (Å²) >= 11 is 9.43. The fourth-order valence-electron chi connectivity index (χ4n) is 1.58. The minimum absolute atomic E-state index is 0. The highest BCUT2D eigenvalue weighted by molar-refractivity contribution is 8.01. The van der Waals surface area contributed by atoms with Crippen molar-refractivity contribution in [3.05, 3.63) is 10.6 Å². The SMILES string of the molecule is CCN(CC)CCSc1nc(C)c(CCCl)s1.Cl. The maximum Gasteiger partial charge on any atom is 0.150 e. The summed E-state index contributed by atoms with van der Waals surface area (Å²) in [7, 11) is 0. The van der Waals surface area contributed by atoms with Crippen LogP contribution in [0.2, 0.25) is 0 Å². The third-order valence-electron chi connectivity index (χ3n) is 2.72. The van der Waals surface area contributed by atoms with Crippen molar-refractivity contribution >= 4 is 47.1 Å². The molecule has 0 fully saturated rings. The summed E-state index contributed by atoms with van der Waals surface area (Å²) in [6.07, 6.45) is 0.946. The maximum absolute atomic E-state index is 5.77. The second kappa shape index (κ2) is 10.3. The van der Waals surface area contributed by atoms with Gasteiger partial charge in [0.05, 0.1) is 5.69 Å². The first-order valence-electron chi connectivity index (χ1n) is 6.08. The number of aryl methyl sites for hydroxylation is 2. The molecule has 1 aromatic rings. The standard InChI is InChI=1S/C12H21ClN2S2.ClH/c1-4-15(5-2)8-9-16-12-14-10(3)11(17-12)6-7-13;/h4-9H2,1-3H3;1H. The molecule has 6 heteroatoms. The molecule has 0 aliphatic heterocycles. The zero-order chi connectivity index (χ0) is 12.7. The predicted molar refractivity (Wildman–Crippen MR) is 87.0 cm³/mol. The fourth-order valence-corrected chi connectivity index (χ4v) is 4.19. The van der Waals surface area contributed by atoms with Crippen molar-refractivity contribution in [2.75, 3.05) is 31.3 Å². The highest BCUT2D eigenvalue weighted by atomic mass is 35.5. The normalized spacial score (nSPS) is 10.7. The molecule has 2 nitrogen and oxygen atoms in total. The van der Waals surface area contributed by atoms with E-state index in [9.17, 15) is 0 Å². The highest BCUT2D eigenvalue weighted by Crippen LogP contribution is 2.27. The van der Waals surface area contributed by atoms with E-state index in [1.807, 2.05) is 11.8 Å². The Balaban J connectivity index is 0.00000289. The van der Waals surface area contributed by atoms with E-state index in [1.54, 1.807) is 11.3 Å². The lowest BCUT2D eigenvalue weighted by Crippen LogP contribution is -2.25. The molecular formula is C12H22Cl2N2S2. The number of aromatic nitrogens is 1. The Labute approximate surface area is 130 Å². The predicted octanol–water partition coefficient (Wildman–Crippen LogP) is 4.09. The molecule has 0 saturated heterocycles. The van der Waals surface area contributed by atoms with Crippen LogP contribution in [0.5, 0.6) is 0 Å². The number of nitrogens with zero attached hydrogens (tertiary/aromatic N) is 2. The Hall–Kier alpha value is 0.520. The van der Waals surface area contributed by atoms with Crippen molar-refractivity contribution in [1.29, 1.82) is 0 Å². The van der Waals surface area contributed by atoms with Gasteiger partial charge in [0.25, 0.3) is 0 Å². The first-order chi connectivity index (χ1) is 8.21. The minimum atomic E-state index is 0. The van der Waals surface area contributed by atoms with Crippen LogP contribution in [0.4, 0.5) is 0 Å². The third-order valence-corrected chi connectivity index (χ3v) is 5.25. The summed E-state index contributed by atoms with van der Waals surface area (Å²) in [5.41, 5.74) is 1.15. The van der Waals surface area contributed by atoms with Gasteiger partial charge in [-0.1, -0.05) is 25.6 Å². The van der Waals surface area contributed by atoms with Crippen molar-refractivity contribution in [1.82, 2.24) is 9.88 Å². The maximum atomic E-state index is 5.77. The Morgan fingerprint density at radius 3 is 2.56 bits per heavy atom. The quantitative estimate of drug-likeness (QED) is 0.528. The van der Waals surface area contributed by atoms with Crippen molar-refractivity contribution < 1.29 is 0 Å². The van der Waals surface area contributed by atoms with Gasteiger partial charge >= 0.3 is 0 Å². The average molecular weight is 329 g/mol. The fraction of sp³-hybridized carbons (Fsp3) is 0.750. The number of halogens is 2. The second-order valence-corrected chi connectivity index (χ2v) is 6.61. The van der Waals surface area contributed by atoms with Crippen LogP contribution in [-0.2, 0) is 6.42 Å². The summed E-state index contributed by atoms with van der Waals surface area (Å²) in [5, 5.41) is 0. The molecule has 106 valence electrons. The molecule has 0 unspecified atom stereocenters. The molecule has 1 heterocycles. The van der Waals surface area contributed by atoms with E-state index in [-0.39, 0.29) is 12.4 Å². The van der Waals surface area contributed by atoms with Crippen LogP contribution in [0, 0.1) is 6.92 Å². The van der Waals surface area contributed by atoms with Crippen LogP contribution in [0.3, 0.4) is 0 Å². The van der Waals surface area contributed by atoms with E-state index < -0.39 is 0 Å². The number of alkyl halides is 1. The lowest BCUT2D eigenvalue weighted by atomic mass is 10.3. The molecule has 0 aliphatic rings. The zero-order valence-corrected chi connectivity index (χ0v) is 14.4. The van der Waals surface area contributed by atoms with Crippen LogP contribution >= 0.6 is 47.1 Å². The van der Waals surface area contributed by atoms with E-state index >= 15 is 0 Å². The molecule has 1 aromatic heterocycles. The van der Waals surface area contributed by atoms with Gasteiger partial charge < -0.3 is 4.90 Å². The molecule has 0 spiro atoms. The van der Waals surface area contributed by atoms with Gasteiger partial charge in [0, 0.05) is 23.1 Å². The molecule has 0 radical (unpaired) electrons. The molecule has 0 aromatic carbocycles. The third kappa shape index (κ3) is 6.11. The molecule has 0 bridgehead atoms. The van der Waals surface area contributed by atoms with E-state index in [0.29, 0.717) is 5.88 Å². The molecule has 0 aliphatic carbocycles. The topological polar surface area (TPSA) is 16.1 Å². The monoisotopic (exact) mass is 328 g/mol. The van der Waals surface area contributed by atoms with Gasteiger partial charge in [-0.15, -0.1) is 35.3 Å². The smallest absolute Gasteiger partial charge is 0.150 e. The van der Waals surface area contributed by atoms with Crippen molar-refractivity contribution in [3.8, 4) is 0 Å². The lowest BCUT2D eigenvalue weighted by molar-refractivity contribution is 0.324. The van der Waals surface area contributed by atoms with Crippen LogP contribution in [0.15, 0.2) is 4.34 Å². The van der Waals surface area contributed by atoms with Crippen LogP contribution in [0.25, 0.3) is 0 Å². The van der Waals surface area contributed by atoms with Crippen LogP contribution < -0.4 is 0 Å². The van der Waals surface area contributed by atoms with Gasteiger partial charge in [0.2, 0.25) is 0 Å². The Morgan fingerprint density at radius 1 is 1.33 bits per heavy atom. The number of hydrogen-bond donors (Lipinski definition) is 0. The number of rotatable bonds is 8. The van der Waals surface area contributed by atoms with Crippen molar-refractivity contribution in [2.45, 2.75) is 31.5 Å². The van der Waals surface area contributed by atoms with Crippen molar-refractivity contribution in [2.24, 2.45) is 0 Å². The van der Waals surface area contributed by atoms with Gasteiger partial charge in [-0.25, -0.2) is 4.98 Å². The average Bonchev–Trinajstić information content (AvgIpc) is 2.66. The van der Waals surface area contributed by atoms with Gasteiger partial charge in [0.15, 0.2) is 0 Å². The zero-order valence-electron chi connectivity index (χ0n) is 11.2. The van der Waals surface area contributed by atoms with E-state index in [0.717, 1.165) is 37.5 Å². The molecule has 18 heavy (non-hydrogen) atoms. The number of thiazole rings is 1.